The van der Waals surface area contributed by atoms with Gasteiger partial charge in [-0.3, -0.25) is 0 Å². The largest absolute Gasteiger partial charge is 0.364 e. The van der Waals surface area contributed by atoms with Gasteiger partial charge in [0.2, 0.25) is 0 Å². The van der Waals surface area contributed by atoms with Crippen molar-refractivity contribution in [3.8, 4) is 0 Å². The lowest BCUT2D eigenvalue weighted by atomic mass is 9.93. The summed E-state index contributed by atoms with van der Waals surface area (Å²) < 4.78 is 0.876. The molecule has 0 aromatic carbocycles. The maximum absolute atomic E-state index is 5.91. The standard InChI is InChI=1S/C11H13BrClN3/c12-10-3-9(5-15-11(10)13)16-6-7-1-2-8(16)4-14-7/h3,5,7-8,14H,1-2,4,6H2/t7-,8-/m0/s1. The van der Waals surface area contributed by atoms with Gasteiger partial charge in [0.25, 0.3) is 0 Å². The van der Waals surface area contributed by atoms with Crippen molar-refractivity contribution in [2.75, 3.05) is 18.0 Å². The van der Waals surface area contributed by atoms with Crippen LogP contribution < -0.4 is 10.2 Å². The van der Waals surface area contributed by atoms with Crippen LogP contribution in [-0.2, 0) is 0 Å². The maximum Gasteiger partial charge on any atom is 0.143 e. The lowest BCUT2D eigenvalue weighted by Gasteiger charge is -2.47. The predicted molar refractivity (Wildman–Crippen MR) is 69.1 cm³/mol. The van der Waals surface area contributed by atoms with Crippen LogP contribution in [0.4, 0.5) is 5.69 Å². The Morgan fingerprint density at radius 2 is 2.38 bits per heavy atom. The van der Waals surface area contributed by atoms with Gasteiger partial charge in [-0.25, -0.2) is 4.98 Å². The zero-order valence-electron chi connectivity index (χ0n) is 8.79. The lowest BCUT2D eigenvalue weighted by Crippen LogP contribution is -2.61. The van der Waals surface area contributed by atoms with E-state index in [0.717, 1.165) is 17.6 Å². The third-order valence-corrected chi connectivity index (χ3v) is 4.60. The first kappa shape index (κ1) is 10.8. The van der Waals surface area contributed by atoms with Crippen molar-refractivity contribution in [3.05, 3.63) is 21.9 Å². The quantitative estimate of drug-likeness (QED) is 0.808. The van der Waals surface area contributed by atoms with E-state index in [2.05, 4.69) is 37.2 Å². The molecule has 0 radical (unpaired) electrons. The molecule has 1 aromatic heterocycles. The fourth-order valence-corrected chi connectivity index (χ4v) is 3.03. The van der Waals surface area contributed by atoms with Crippen molar-refractivity contribution in [2.24, 2.45) is 0 Å². The number of piperazine rings is 1. The molecule has 0 amide bonds. The maximum atomic E-state index is 5.91. The molecule has 3 aliphatic heterocycles. The molecule has 3 aliphatic rings. The van der Waals surface area contributed by atoms with E-state index in [0.29, 0.717) is 17.2 Å². The topological polar surface area (TPSA) is 28.2 Å². The van der Waals surface area contributed by atoms with Crippen LogP contribution in [0, 0.1) is 0 Å². The third-order valence-electron chi connectivity index (χ3n) is 3.46. The molecule has 4 heterocycles. The molecule has 3 nitrogen and oxygen atoms in total. The highest BCUT2D eigenvalue weighted by atomic mass is 79.9. The fraction of sp³-hybridized carbons (Fsp3) is 0.545. The molecule has 0 aliphatic carbocycles. The van der Waals surface area contributed by atoms with Gasteiger partial charge in [-0.1, -0.05) is 11.6 Å². The summed E-state index contributed by atoms with van der Waals surface area (Å²) in [6, 6.07) is 3.31. The van der Waals surface area contributed by atoms with E-state index in [4.69, 9.17) is 11.6 Å². The van der Waals surface area contributed by atoms with Gasteiger partial charge in [-0.15, -0.1) is 0 Å². The first-order valence-electron chi connectivity index (χ1n) is 5.55. The number of rotatable bonds is 1. The van der Waals surface area contributed by atoms with E-state index in [1.165, 1.54) is 18.5 Å². The molecule has 0 unspecified atom stereocenters. The van der Waals surface area contributed by atoms with E-state index in [1.807, 2.05) is 6.20 Å². The highest BCUT2D eigenvalue weighted by Crippen LogP contribution is 2.31. The molecule has 0 spiro atoms. The van der Waals surface area contributed by atoms with Gasteiger partial charge >= 0.3 is 0 Å². The molecule has 2 bridgehead atoms. The minimum Gasteiger partial charge on any atom is -0.364 e. The number of nitrogens with zero attached hydrogens (tertiary/aromatic N) is 2. The predicted octanol–water partition coefficient (Wildman–Crippen LogP) is 2.44. The van der Waals surface area contributed by atoms with E-state index in [1.54, 1.807) is 0 Å². The molecule has 0 saturated carbocycles. The van der Waals surface area contributed by atoms with Crippen LogP contribution in [0.15, 0.2) is 16.7 Å². The second-order valence-corrected chi connectivity index (χ2v) is 5.67. The molecule has 16 heavy (non-hydrogen) atoms. The number of hydrogen-bond acceptors (Lipinski definition) is 3. The van der Waals surface area contributed by atoms with Gasteiger partial charge in [-0.2, -0.15) is 0 Å². The Morgan fingerprint density at radius 3 is 2.94 bits per heavy atom. The molecule has 3 fully saturated rings. The summed E-state index contributed by atoms with van der Waals surface area (Å²) in [6.07, 6.45) is 4.44. The number of anilines is 1. The molecular weight excluding hydrogens is 289 g/mol. The molecule has 3 saturated heterocycles. The molecule has 1 aromatic rings. The van der Waals surface area contributed by atoms with Gasteiger partial charge in [0.1, 0.15) is 5.15 Å². The minimum atomic E-state index is 0.532. The average molecular weight is 303 g/mol. The van der Waals surface area contributed by atoms with Gasteiger partial charge in [0.15, 0.2) is 0 Å². The summed E-state index contributed by atoms with van der Waals surface area (Å²) in [5.74, 6) is 0. The van der Waals surface area contributed by atoms with Gasteiger partial charge < -0.3 is 10.2 Å². The Hall–Kier alpha value is -0.320. The number of halogens is 2. The highest BCUT2D eigenvalue weighted by molar-refractivity contribution is 9.10. The number of pyridine rings is 1. The lowest BCUT2D eigenvalue weighted by molar-refractivity contribution is 0.290. The third kappa shape index (κ3) is 1.83. The minimum absolute atomic E-state index is 0.532. The van der Waals surface area contributed by atoms with E-state index in [-0.39, 0.29) is 0 Å². The van der Waals surface area contributed by atoms with Crippen LogP contribution in [-0.4, -0.2) is 30.2 Å². The van der Waals surface area contributed by atoms with Crippen molar-refractivity contribution < 1.29 is 0 Å². The first-order valence-corrected chi connectivity index (χ1v) is 6.72. The Labute approximate surface area is 108 Å². The average Bonchev–Trinajstić information content (AvgIpc) is 2.34. The van der Waals surface area contributed by atoms with Crippen LogP contribution in [0.25, 0.3) is 0 Å². The molecule has 1 N–H and O–H groups in total. The van der Waals surface area contributed by atoms with Gasteiger partial charge in [0, 0.05) is 25.2 Å². The van der Waals surface area contributed by atoms with Crippen molar-refractivity contribution in [1.29, 1.82) is 0 Å². The number of fused-ring (bicyclic) bond motifs is 3. The van der Waals surface area contributed by atoms with E-state index < -0.39 is 0 Å². The summed E-state index contributed by atoms with van der Waals surface area (Å²) in [7, 11) is 0. The molecule has 2 atom stereocenters. The summed E-state index contributed by atoms with van der Waals surface area (Å²) in [5, 5.41) is 4.08. The molecule has 5 heteroatoms. The molecule has 86 valence electrons. The first-order chi connectivity index (χ1) is 7.74. The highest BCUT2D eigenvalue weighted by Gasteiger charge is 2.33. The van der Waals surface area contributed by atoms with Crippen LogP contribution in [0.3, 0.4) is 0 Å². The van der Waals surface area contributed by atoms with Crippen molar-refractivity contribution >= 4 is 33.2 Å². The number of piperidine rings is 2. The second-order valence-electron chi connectivity index (χ2n) is 4.45. The summed E-state index contributed by atoms with van der Waals surface area (Å²) in [5.41, 5.74) is 1.17. The van der Waals surface area contributed by atoms with E-state index in [9.17, 15) is 0 Å². The monoisotopic (exact) mass is 301 g/mol. The summed E-state index contributed by atoms with van der Waals surface area (Å²) >= 11 is 9.34. The van der Waals surface area contributed by atoms with Gasteiger partial charge in [-0.05, 0) is 34.8 Å². The van der Waals surface area contributed by atoms with Crippen LogP contribution in [0.5, 0.6) is 0 Å². The Bertz CT molecular complexity index is 404. The number of nitrogens with one attached hydrogen (secondary N) is 1. The van der Waals surface area contributed by atoms with Crippen molar-refractivity contribution in [3.63, 3.8) is 0 Å². The number of aromatic nitrogens is 1. The Morgan fingerprint density at radius 1 is 1.50 bits per heavy atom. The zero-order valence-corrected chi connectivity index (χ0v) is 11.1. The normalized spacial score (nSPS) is 28.5. The second kappa shape index (κ2) is 4.17. The van der Waals surface area contributed by atoms with Crippen LogP contribution in [0.2, 0.25) is 5.15 Å². The molecular formula is C11H13BrClN3. The SMILES string of the molecule is Clc1ncc(N2C[C@@H]3CC[C@H]2CN3)cc1Br. The van der Waals surface area contributed by atoms with Crippen molar-refractivity contribution in [2.45, 2.75) is 24.9 Å². The summed E-state index contributed by atoms with van der Waals surface area (Å²) in [4.78, 5) is 6.64. The zero-order chi connectivity index (χ0) is 11.1. The Kier molecular flexibility index (Phi) is 2.81. The van der Waals surface area contributed by atoms with Crippen LogP contribution >= 0.6 is 27.5 Å². The molecule has 4 rings (SSSR count). The van der Waals surface area contributed by atoms with Crippen molar-refractivity contribution in [1.82, 2.24) is 10.3 Å². The Balaban J connectivity index is 1.89. The fourth-order valence-electron chi connectivity index (χ4n) is 2.59. The smallest absolute Gasteiger partial charge is 0.143 e. The van der Waals surface area contributed by atoms with E-state index >= 15 is 0 Å². The number of hydrogen-bond donors (Lipinski definition) is 1. The van der Waals surface area contributed by atoms with Gasteiger partial charge in [0.05, 0.1) is 16.4 Å². The van der Waals surface area contributed by atoms with Crippen LogP contribution in [0.1, 0.15) is 12.8 Å². The summed E-state index contributed by atoms with van der Waals surface area (Å²) in [6.45, 7) is 2.17.